The molecule has 6 heteroatoms. The highest BCUT2D eigenvalue weighted by Gasteiger charge is 2.46. The van der Waals surface area contributed by atoms with Crippen molar-refractivity contribution in [3.05, 3.63) is 36.5 Å². The van der Waals surface area contributed by atoms with Gasteiger partial charge in [-0.2, -0.15) is 0 Å². The van der Waals surface area contributed by atoms with Crippen LogP contribution in [0.15, 0.2) is 36.5 Å². The number of anilines is 1. The molecule has 3 atom stereocenters. The zero-order chi connectivity index (χ0) is 18.8. The number of aromatic nitrogens is 1. The Hall–Kier alpha value is -2.47. The number of benzene rings is 1. The Morgan fingerprint density at radius 1 is 1.22 bits per heavy atom. The number of hydrogen-bond donors (Lipinski definition) is 1. The summed E-state index contributed by atoms with van der Waals surface area (Å²) in [5.74, 6) is 0.149. The SMILES string of the molecule is COC(=O)[C@@H]1C[C@@H]2CCCC[C@H]2N1CC(=O)Nc1cccc2ncccc12. The number of ether oxygens (including phenoxy) is 1. The molecule has 6 nitrogen and oxygen atoms in total. The van der Waals surface area contributed by atoms with Gasteiger partial charge in [-0.05, 0) is 49.4 Å². The Labute approximate surface area is 158 Å². The molecule has 1 amide bonds. The number of hydrogen-bond acceptors (Lipinski definition) is 5. The van der Waals surface area contributed by atoms with Crippen LogP contribution in [-0.4, -0.2) is 47.5 Å². The molecule has 1 saturated heterocycles. The highest BCUT2D eigenvalue weighted by molar-refractivity contribution is 6.01. The molecule has 0 spiro atoms. The Balaban J connectivity index is 1.52. The van der Waals surface area contributed by atoms with E-state index in [1.807, 2.05) is 30.3 Å². The van der Waals surface area contributed by atoms with Gasteiger partial charge in [-0.15, -0.1) is 0 Å². The molecule has 0 radical (unpaired) electrons. The van der Waals surface area contributed by atoms with Crippen LogP contribution in [-0.2, 0) is 14.3 Å². The fraction of sp³-hybridized carbons (Fsp3) is 0.476. The average molecular weight is 367 g/mol. The van der Waals surface area contributed by atoms with Crippen molar-refractivity contribution in [3.63, 3.8) is 0 Å². The number of nitrogens with zero attached hydrogens (tertiary/aromatic N) is 2. The minimum absolute atomic E-state index is 0.105. The standard InChI is InChI=1S/C21H25N3O3/c1-27-21(26)19-12-14-6-2-3-10-18(14)24(19)13-20(25)23-17-9-4-8-16-15(17)7-5-11-22-16/h4-5,7-9,11,14,18-19H,2-3,6,10,12-13H2,1H3,(H,23,25)/t14-,18+,19-/m0/s1. The minimum Gasteiger partial charge on any atom is -0.468 e. The first-order chi connectivity index (χ1) is 13.2. The Kier molecular flexibility index (Phi) is 5.07. The molecule has 1 aliphatic heterocycles. The molecule has 1 N–H and O–H groups in total. The molecule has 2 aromatic rings. The van der Waals surface area contributed by atoms with Crippen LogP contribution >= 0.6 is 0 Å². The lowest BCUT2D eigenvalue weighted by molar-refractivity contribution is -0.146. The molecule has 1 aliphatic carbocycles. The zero-order valence-electron chi connectivity index (χ0n) is 15.6. The molecule has 0 unspecified atom stereocenters. The third-order valence-electron chi connectivity index (χ3n) is 5.94. The van der Waals surface area contributed by atoms with Crippen LogP contribution in [0.2, 0.25) is 0 Å². The largest absolute Gasteiger partial charge is 0.468 e. The van der Waals surface area contributed by atoms with E-state index in [0.29, 0.717) is 12.0 Å². The predicted molar refractivity (Wildman–Crippen MR) is 103 cm³/mol. The second kappa shape index (κ2) is 7.64. The Bertz CT molecular complexity index is 848. The number of carbonyl (C=O) groups is 2. The maximum atomic E-state index is 12.8. The van der Waals surface area contributed by atoms with Crippen molar-refractivity contribution in [2.75, 3.05) is 19.0 Å². The van der Waals surface area contributed by atoms with Gasteiger partial charge in [0, 0.05) is 17.6 Å². The van der Waals surface area contributed by atoms with E-state index < -0.39 is 0 Å². The fourth-order valence-corrected chi connectivity index (χ4v) is 4.72. The summed E-state index contributed by atoms with van der Waals surface area (Å²) in [7, 11) is 1.42. The number of nitrogens with one attached hydrogen (secondary N) is 1. The number of amides is 1. The molecule has 2 fully saturated rings. The van der Waals surface area contributed by atoms with E-state index in [-0.39, 0.29) is 24.5 Å². The smallest absolute Gasteiger partial charge is 0.323 e. The molecular weight excluding hydrogens is 342 g/mol. The number of fused-ring (bicyclic) bond motifs is 2. The van der Waals surface area contributed by atoms with Gasteiger partial charge in [-0.1, -0.05) is 18.9 Å². The van der Waals surface area contributed by atoms with Crippen molar-refractivity contribution in [3.8, 4) is 0 Å². The second-order valence-electron chi connectivity index (χ2n) is 7.48. The molecule has 1 aromatic heterocycles. The number of likely N-dealkylation sites (tertiary alicyclic amines) is 1. The molecule has 4 rings (SSSR count). The summed E-state index contributed by atoms with van der Waals surface area (Å²) in [6.45, 7) is 0.206. The van der Waals surface area contributed by atoms with Crippen LogP contribution in [0.1, 0.15) is 32.1 Å². The van der Waals surface area contributed by atoms with Crippen LogP contribution in [0.3, 0.4) is 0 Å². The lowest BCUT2D eigenvalue weighted by atomic mass is 9.85. The van der Waals surface area contributed by atoms with Gasteiger partial charge in [-0.25, -0.2) is 0 Å². The number of rotatable bonds is 4. The number of esters is 1. The molecule has 1 aromatic carbocycles. The van der Waals surface area contributed by atoms with Crippen molar-refractivity contribution in [2.24, 2.45) is 5.92 Å². The van der Waals surface area contributed by atoms with E-state index in [1.54, 1.807) is 6.20 Å². The van der Waals surface area contributed by atoms with Crippen molar-refractivity contribution >= 4 is 28.5 Å². The number of pyridine rings is 1. The van der Waals surface area contributed by atoms with E-state index in [4.69, 9.17) is 4.74 Å². The molecule has 2 aliphatic rings. The van der Waals surface area contributed by atoms with Crippen molar-refractivity contribution < 1.29 is 14.3 Å². The van der Waals surface area contributed by atoms with Crippen molar-refractivity contribution in [1.29, 1.82) is 0 Å². The number of methoxy groups -OCH3 is 1. The van der Waals surface area contributed by atoms with Gasteiger partial charge in [0.25, 0.3) is 0 Å². The fourth-order valence-electron chi connectivity index (χ4n) is 4.72. The lowest BCUT2D eigenvalue weighted by Gasteiger charge is -2.32. The molecule has 0 bridgehead atoms. The minimum atomic E-state index is -0.317. The summed E-state index contributed by atoms with van der Waals surface area (Å²) in [6.07, 6.45) is 7.07. The van der Waals surface area contributed by atoms with Crippen molar-refractivity contribution in [1.82, 2.24) is 9.88 Å². The van der Waals surface area contributed by atoms with Gasteiger partial charge < -0.3 is 10.1 Å². The number of carbonyl (C=O) groups excluding carboxylic acids is 2. The first-order valence-corrected chi connectivity index (χ1v) is 9.64. The van der Waals surface area contributed by atoms with E-state index in [1.165, 1.54) is 13.5 Å². The van der Waals surface area contributed by atoms with Crippen LogP contribution in [0.25, 0.3) is 10.9 Å². The van der Waals surface area contributed by atoms with Crippen LogP contribution in [0.4, 0.5) is 5.69 Å². The third-order valence-corrected chi connectivity index (χ3v) is 5.94. The zero-order valence-corrected chi connectivity index (χ0v) is 15.6. The summed E-state index contributed by atoms with van der Waals surface area (Å²) in [5.41, 5.74) is 1.59. The molecular formula is C21H25N3O3. The summed E-state index contributed by atoms with van der Waals surface area (Å²) >= 11 is 0. The molecule has 142 valence electrons. The highest BCUT2D eigenvalue weighted by Crippen LogP contribution is 2.39. The Morgan fingerprint density at radius 3 is 2.93 bits per heavy atom. The monoisotopic (exact) mass is 367 g/mol. The van der Waals surface area contributed by atoms with E-state index in [9.17, 15) is 9.59 Å². The van der Waals surface area contributed by atoms with E-state index >= 15 is 0 Å². The van der Waals surface area contributed by atoms with Gasteiger partial charge in [0.2, 0.25) is 5.91 Å². The van der Waals surface area contributed by atoms with E-state index in [0.717, 1.165) is 42.3 Å². The maximum absolute atomic E-state index is 12.8. The first kappa shape index (κ1) is 17.9. The third kappa shape index (κ3) is 3.54. The predicted octanol–water partition coefficient (Wildman–Crippen LogP) is 2.98. The summed E-state index contributed by atoms with van der Waals surface area (Å²) < 4.78 is 5.01. The van der Waals surface area contributed by atoms with Gasteiger partial charge in [0.15, 0.2) is 0 Å². The Morgan fingerprint density at radius 2 is 2.07 bits per heavy atom. The molecule has 1 saturated carbocycles. The quantitative estimate of drug-likeness (QED) is 0.841. The lowest BCUT2D eigenvalue weighted by Crippen LogP contribution is -2.46. The van der Waals surface area contributed by atoms with Crippen molar-refractivity contribution in [2.45, 2.75) is 44.2 Å². The van der Waals surface area contributed by atoms with E-state index in [2.05, 4.69) is 15.2 Å². The van der Waals surface area contributed by atoms with Crippen LogP contribution in [0, 0.1) is 5.92 Å². The topological polar surface area (TPSA) is 71.5 Å². The molecule has 2 heterocycles. The summed E-state index contributed by atoms with van der Waals surface area (Å²) in [5, 5.41) is 3.92. The van der Waals surface area contributed by atoms with Gasteiger partial charge in [-0.3, -0.25) is 19.5 Å². The second-order valence-corrected chi connectivity index (χ2v) is 7.48. The average Bonchev–Trinajstić information content (AvgIpc) is 3.06. The molecule has 27 heavy (non-hydrogen) atoms. The highest BCUT2D eigenvalue weighted by atomic mass is 16.5. The first-order valence-electron chi connectivity index (χ1n) is 9.64. The van der Waals surface area contributed by atoms with Gasteiger partial charge in [0.1, 0.15) is 6.04 Å². The maximum Gasteiger partial charge on any atom is 0.323 e. The summed E-state index contributed by atoms with van der Waals surface area (Å²) in [4.78, 5) is 31.5. The van der Waals surface area contributed by atoms with Crippen LogP contribution in [0.5, 0.6) is 0 Å². The van der Waals surface area contributed by atoms with Gasteiger partial charge in [0.05, 0.1) is 24.9 Å². The van der Waals surface area contributed by atoms with Gasteiger partial charge >= 0.3 is 5.97 Å². The normalized spacial score (nSPS) is 25.1. The summed E-state index contributed by atoms with van der Waals surface area (Å²) in [6, 6.07) is 9.47. The van der Waals surface area contributed by atoms with Crippen LogP contribution < -0.4 is 5.32 Å².